The highest BCUT2D eigenvalue weighted by Gasteiger charge is 2.30. The Hall–Kier alpha value is -7.37. The van der Waals surface area contributed by atoms with Crippen molar-refractivity contribution >= 4 is 63.3 Å². The molecule has 3 aromatic carbocycles. The van der Waals surface area contributed by atoms with Crippen molar-refractivity contribution in [2.45, 2.75) is 83.0 Å². The Morgan fingerprint density at radius 3 is 1.90 bits per heavy atom. The van der Waals surface area contributed by atoms with Crippen molar-refractivity contribution in [1.82, 2.24) is 47.4 Å². The second kappa shape index (κ2) is 23.0. The number of hydrogen-bond acceptors (Lipinski definition) is 7. The zero-order chi connectivity index (χ0) is 45.3. The topological polar surface area (TPSA) is 283 Å². The highest BCUT2D eigenvalue weighted by molar-refractivity contribution is 5.95. The Balaban J connectivity index is 1.22. The maximum atomic E-state index is 13.9. The van der Waals surface area contributed by atoms with Crippen molar-refractivity contribution in [3.05, 3.63) is 108 Å². The Morgan fingerprint density at radius 1 is 0.651 bits per heavy atom. The average molecular weight is 863 g/mol. The van der Waals surface area contributed by atoms with Crippen LogP contribution in [0.25, 0.3) is 21.8 Å². The molecular weight excluding hydrogens is 805 g/mol. The van der Waals surface area contributed by atoms with Gasteiger partial charge in [-0.05, 0) is 60.4 Å². The summed E-state index contributed by atoms with van der Waals surface area (Å²) in [5.74, 6) is -3.03. The normalized spacial score (nSPS) is 13.4. The number of nitrogens with one attached hydrogen (secondary N) is 9. The van der Waals surface area contributed by atoms with E-state index in [2.05, 4.69) is 52.4 Å². The van der Waals surface area contributed by atoms with Crippen molar-refractivity contribution in [1.29, 1.82) is 0 Å². The van der Waals surface area contributed by atoms with E-state index in [0.717, 1.165) is 38.5 Å². The van der Waals surface area contributed by atoms with Gasteiger partial charge in [0.15, 0.2) is 5.96 Å². The van der Waals surface area contributed by atoms with Crippen LogP contribution < -0.4 is 48.9 Å². The summed E-state index contributed by atoms with van der Waals surface area (Å²) in [5, 5.41) is 15.7. The molecule has 13 N–H and O–H groups in total. The second-order valence-electron chi connectivity index (χ2n) is 15.7. The molecule has 0 aliphatic heterocycles. The molecule has 18 nitrogen and oxygen atoms in total. The molecule has 0 bridgehead atoms. The number of carbonyl (C=O) groups is 6. The molecular formula is C45H58N12O6. The van der Waals surface area contributed by atoms with Crippen LogP contribution in [0.3, 0.4) is 0 Å². The van der Waals surface area contributed by atoms with Gasteiger partial charge in [0, 0.05) is 67.1 Å². The number of carbonyl (C=O) groups excluding carboxylic acids is 6. The van der Waals surface area contributed by atoms with Crippen LogP contribution in [0.1, 0.15) is 56.2 Å². The van der Waals surface area contributed by atoms with Gasteiger partial charge in [-0.25, -0.2) is 10.2 Å². The van der Waals surface area contributed by atoms with Crippen molar-refractivity contribution in [3.8, 4) is 0 Å². The van der Waals surface area contributed by atoms with Crippen LogP contribution in [0.2, 0.25) is 0 Å². The van der Waals surface area contributed by atoms with Crippen LogP contribution in [-0.2, 0) is 43.2 Å². The molecule has 5 rings (SSSR count). The zero-order valence-corrected chi connectivity index (χ0v) is 35.8. The number of rotatable bonds is 21. The summed E-state index contributed by atoms with van der Waals surface area (Å²) in [6.07, 6.45) is 5.05. The van der Waals surface area contributed by atoms with E-state index in [0.29, 0.717) is 19.4 Å². The number of aromatic amines is 2. The molecule has 0 fully saturated rings. The van der Waals surface area contributed by atoms with Crippen molar-refractivity contribution in [3.63, 3.8) is 0 Å². The number of primary amides is 1. The van der Waals surface area contributed by atoms with Gasteiger partial charge in [0.1, 0.15) is 24.2 Å². The lowest BCUT2D eigenvalue weighted by molar-refractivity contribution is -0.132. The zero-order valence-electron chi connectivity index (χ0n) is 35.8. The molecule has 0 radical (unpaired) electrons. The fourth-order valence-electron chi connectivity index (χ4n) is 7.17. The Labute approximate surface area is 365 Å². The third-order valence-electron chi connectivity index (χ3n) is 10.5. The van der Waals surface area contributed by atoms with Gasteiger partial charge in [0.25, 0.3) is 5.91 Å². The summed E-state index contributed by atoms with van der Waals surface area (Å²) < 4.78 is 0. The first kappa shape index (κ1) is 46.7. The number of guanidine groups is 1. The number of hydrogen-bond donors (Lipinski definition) is 11. The van der Waals surface area contributed by atoms with Crippen LogP contribution in [0.4, 0.5) is 4.79 Å². The molecule has 0 spiro atoms. The third kappa shape index (κ3) is 14.1. The van der Waals surface area contributed by atoms with Crippen molar-refractivity contribution in [2.24, 2.45) is 22.4 Å². The minimum absolute atomic E-state index is 0.0893. The first-order chi connectivity index (χ1) is 30.3. The number of para-hydroxylation sites is 2. The van der Waals surface area contributed by atoms with Crippen molar-refractivity contribution < 1.29 is 28.8 Å². The number of benzene rings is 3. The molecule has 0 saturated carbocycles. The number of nitrogens with zero attached hydrogens (tertiary/aromatic N) is 1. The monoisotopic (exact) mass is 862 g/mol. The highest BCUT2D eigenvalue weighted by Crippen LogP contribution is 2.20. The Kier molecular flexibility index (Phi) is 17.1. The van der Waals surface area contributed by atoms with Crippen LogP contribution in [0.15, 0.2) is 96.2 Å². The molecule has 0 aliphatic carbocycles. The number of H-pyrrole nitrogens is 2. The van der Waals surface area contributed by atoms with Gasteiger partial charge in [-0.15, -0.1) is 0 Å². The van der Waals surface area contributed by atoms with E-state index in [-0.39, 0.29) is 49.9 Å². The molecule has 5 aromatic rings. The lowest BCUT2D eigenvalue weighted by Crippen LogP contribution is -2.59. The lowest BCUT2D eigenvalue weighted by atomic mass is 10.0. The van der Waals surface area contributed by atoms with Gasteiger partial charge in [0.05, 0.1) is 0 Å². The maximum absolute atomic E-state index is 13.9. The smallest absolute Gasteiger partial charge is 0.334 e. The van der Waals surface area contributed by atoms with E-state index in [1.54, 1.807) is 6.20 Å². The number of hydrazine groups is 1. The van der Waals surface area contributed by atoms with Crippen LogP contribution in [0, 0.1) is 5.92 Å². The summed E-state index contributed by atoms with van der Waals surface area (Å²) in [5.41, 5.74) is 20.6. The number of urea groups is 1. The summed E-state index contributed by atoms with van der Waals surface area (Å²) in [4.78, 5) is 90.7. The molecule has 63 heavy (non-hydrogen) atoms. The van der Waals surface area contributed by atoms with E-state index < -0.39 is 53.8 Å². The van der Waals surface area contributed by atoms with E-state index in [1.807, 2.05) is 98.9 Å². The number of fused-ring (bicyclic) bond motifs is 2. The first-order valence-corrected chi connectivity index (χ1v) is 21.0. The molecule has 334 valence electrons. The quantitative estimate of drug-likeness (QED) is 0.0224. The number of aryl methyl sites for hydroxylation is 1. The van der Waals surface area contributed by atoms with Gasteiger partial charge in [-0.1, -0.05) is 80.6 Å². The van der Waals surface area contributed by atoms with Crippen LogP contribution >= 0.6 is 0 Å². The first-order valence-electron chi connectivity index (χ1n) is 21.0. The van der Waals surface area contributed by atoms with Gasteiger partial charge in [-0.2, -0.15) is 0 Å². The van der Waals surface area contributed by atoms with E-state index in [4.69, 9.17) is 11.5 Å². The van der Waals surface area contributed by atoms with Crippen LogP contribution in [0.5, 0.6) is 0 Å². The second-order valence-corrected chi connectivity index (χ2v) is 15.7. The average Bonchev–Trinajstić information content (AvgIpc) is 3.89. The molecule has 2 heterocycles. The summed E-state index contributed by atoms with van der Waals surface area (Å²) in [6, 6.07) is 19.0. The molecule has 18 heteroatoms. The summed E-state index contributed by atoms with van der Waals surface area (Å²) in [7, 11) is 1.52. The van der Waals surface area contributed by atoms with Crippen molar-refractivity contribution in [2.75, 3.05) is 13.6 Å². The lowest BCUT2D eigenvalue weighted by Gasteiger charge is -2.26. The van der Waals surface area contributed by atoms with E-state index >= 15 is 0 Å². The minimum atomic E-state index is -1.15. The van der Waals surface area contributed by atoms with Gasteiger partial charge < -0.3 is 48.0 Å². The molecule has 0 unspecified atom stereocenters. The Bertz CT molecular complexity index is 2380. The predicted octanol–water partition coefficient (Wildman–Crippen LogP) is 2.07. The SMILES string of the molecule is CN=C(N)NCCC[C@H](NC(=O)[C@H](CC(C)C)NC(=O)NNC(=O)[C@H](Cc1ccccc1)NC(=O)CCc1c[nH]c2ccccc12)C(=O)N[C@@H](Cc1c[nH]c2ccccc12)C(N)=O. The highest BCUT2D eigenvalue weighted by atomic mass is 16.2. The van der Waals surface area contributed by atoms with Crippen LogP contribution in [-0.4, -0.2) is 89.3 Å². The summed E-state index contributed by atoms with van der Waals surface area (Å²) in [6.45, 7) is 4.03. The fourth-order valence-corrected chi connectivity index (χ4v) is 7.17. The minimum Gasteiger partial charge on any atom is -0.370 e. The van der Waals surface area contributed by atoms with Gasteiger partial charge in [-0.3, -0.25) is 34.4 Å². The molecule has 0 saturated heterocycles. The van der Waals surface area contributed by atoms with Gasteiger partial charge >= 0.3 is 6.03 Å². The number of aliphatic imine (C=N–C) groups is 1. The standard InChI is InChI=1S/C45H58N12O6/c1-27(2)22-37(42(61)53-35(18-11-21-49-44(47)48-3)41(60)54-36(40(46)59)24-30-26-51-34-17-10-8-15-32(30)34)55-45(63)57-56-43(62)38(23-28-12-5-4-6-13-28)52-39(58)20-19-29-25-50-33-16-9-7-14-31(29)33/h4-10,12-17,25-27,35-38,50-51H,11,18-24H2,1-3H3,(H2,46,59)(H,52,58)(H,53,61)(H,54,60)(H,56,62)(H3,47,48,49)(H2,55,57,63)/t35-,36-,37-,38-/m0/s1. The van der Waals surface area contributed by atoms with Gasteiger partial charge in [0.2, 0.25) is 23.6 Å². The fraction of sp³-hybridized carbons (Fsp3) is 0.356. The molecule has 2 aromatic heterocycles. The number of nitrogens with two attached hydrogens (primary N) is 2. The third-order valence-corrected chi connectivity index (χ3v) is 10.5. The molecule has 7 amide bonds. The Morgan fingerprint density at radius 2 is 1.25 bits per heavy atom. The van der Waals surface area contributed by atoms with E-state index in [9.17, 15) is 28.8 Å². The predicted molar refractivity (Wildman–Crippen MR) is 242 cm³/mol. The van der Waals surface area contributed by atoms with E-state index in [1.165, 1.54) is 7.05 Å². The number of amides is 7. The maximum Gasteiger partial charge on any atom is 0.334 e. The summed E-state index contributed by atoms with van der Waals surface area (Å²) >= 11 is 0. The molecule has 4 atom stereocenters. The molecule has 0 aliphatic rings. The largest absolute Gasteiger partial charge is 0.370 e. The number of aromatic nitrogens is 2.